The fourth-order valence-corrected chi connectivity index (χ4v) is 4.90. The molecule has 2 N–H and O–H groups in total. The number of alkyl halides is 1. The van der Waals surface area contributed by atoms with Crippen molar-refractivity contribution in [2.75, 3.05) is 10.0 Å². The molecule has 1 heterocycles. The van der Waals surface area contributed by atoms with Crippen LogP contribution in [0.2, 0.25) is 0 Å². The third-order valence-electron chi connectivity index (χ3n) is 5.80. The van der Waals surface area contributed by atoms with Crippen LogP contribution < -0.4 is 10.0 Å². The van der Waals surface area contributed by atoms with Gasteiger partial charge in [0.05, 0.1) is 10.9 Å². The fraction of sp³-hybridized carbons (Fsp3) is 0.200. The molecule has 6 nitrogen and oxygen atoms in total. The van der Waals surface area contributed by atoms with Gasteiger partial charge in [-0.15, -0.1) is 0 Å². The zero-order chi connectivity index (χ0) is 25.2. The van der Waals surface area contributed by atoms with Crippen molar-refractivity contribution in [1.29, 1.82) is 0 Å². The Labute approximate surface area is 201 Å². The van der Waals surface area contributed by atoms with Crippen LogP contribution in [0.3, 0.4) is 0 Å². The van der Waals surface area contributed by atoms with Crippen LogP contribution in [-0.2, 0) is 10.0 Å². The first-order chi connectivity index (χ1) is 16.6. The zero-order valence-electron chi connectivity index (χ0n) is 18.9. The van der Waals surface area contributed by atoms with Crippen LogP contribution in [0.15, 0.2) is 83.9 Å². The van der Waals surface area contributed by atoms with Crippen LogP contribution in [0.5, 0.6) is 0 Å². The van der Waals surface area contributed by atoms with E-state index in [9.17, 15) is 17.2 Å². The van der Waals surface area contributed by atoms with Crippen molar-refractivity contribution in [2.24, 2.45) is 5.92 Å². The number of aromatic nitrogens is 2. The molecule has 2 aromatic carbocycles. The third-order valence-corrected chi connectivity index (χ3v) is 7.14. The maximum absolute atomic E-state index is 16.0. The van der Waals surface area contributed by atoms with E-state index in [1.165, 1.54) is 18.3 Å². The Morgan fingerprint density at radius 1 is 1.06 bits per heavy atom. The van der Waals surface area contributed by atoms with Crippen molar-refractivity contribution in [2.45, 2.75) is 30.5 Å². The molecule has 3 unspecified atom stereocenters. The summed E-state index contributed by atoms with van der Waals surface area (Å²) >= 11 is 0. The Balaban J connectivity index is 1.49. The Kier molecular flexibility index (Phi) is 6.66. The molecule has 0 saturated carbocycles. The van der Waals surface area contributed by atoms with Crippen LogP contribution in [0.1, 0.15) is 19.4 Å². The van der Waals surface area contributed by atoms with Gasteiger partial charge in [-0.25, -0.2) is 26.6 Å². The highest BCUT2D eigenvalue weighted by Gasteiger charge is 2.41. The molecule has 0 radical (unpaired) electrons. The van der Waals surface area contributed by atoms with Gasteiger partial charge in [0, 0.05) is 18.2 Å². The van der Waals surface area contributed by atoms with E-state index in [-0.39, 0.29) is 11.8 Å². The molecular formula is C25H23F3N4O2S. The van der Waals surface area contributed by atoms with Gasteiger partial charge >= 0.3 is 0 Å². The minimum Gasteiger partial charge on any atom is -0.348 e. The van der Waals surface area contributed by atoms with Crippen molar-refractivity contribution in [3.8, 4) is 0 Å². The van der Waals surface area contributed by atoms with E-state index >= 15 is 4.39 Å². The summed E-state index contributed by atoms with van der Waals surface area (Å²) in [6.07, 6.45) is 6.38. The van der Waals surface area contributed by atoms with Crippen molar-refractivity contribution in [3.63, 3.8) is 0 Å². The monoisotopic (exact) mass is 500 g/mol. The molecule has 1 aliphatic carbocycles. The quantitative estimate of drug-likeness (QED) is 0.457. The number of benzene rings is 2. The number of sulfonamides is 1. The maximum atomic E-state index is 16.0. The molecule has 1 aliphatic rings. The average molecular weight is 501 g/mol. The third kappa shape index (κ3) is 5.37. The maximum Gasteiger partial charge on any atom is 0.263 e. The number of rotatable bonds is 7. The van der Waals surface area contributed by atoms with E-state index in [0.29, 0.717) is 18.2 Å². The van der Waals surface area contributed by atoms with Gasteiger partial charge in [-0.3, -0.25) is 4.72 Å². The first-order valence-electron chi connectivity index (χ1n) is 10.8. The number of halogens is 3. The van der Waals surface area contributed by atoms with Gasteiger partial charge in [0.1, 0.15) is 17.5 Å². The Hall–Kier alpha value is -3.66. The standard InChI is InChI=1S/C25H23F3N4O2S/c1-16-12-19(18-6-4-3-5-7-18)8-10-25(16,28)17(2)30-24-29-11-9-23(31-24)32-35(33,34)22-14-20(26)13-21(27)15-22/h3-17H,1-2H3,(H2,29,30,31,32). The Morgan fingerprint density at radius 3 is 2.40 bits per heavy atom. The van der Waals surface area contributed by atoms with Crippen molar-refractivity contribution < 1.29 is 21.6 Å². The molecule has 4 rings (SSSR count). The van der Waals surface area contributed by atoms with Crippen LogP contribution in [0, 0.1) is 17.6 Å². The van der Waals surface area contributed by atoms with Crippen molar-refractivity contribution >= 4 is 27.4 Å². The van der Waals surface area contributed by atoms with Crippen molar-refractivity contribution in [3.05, 3.63) is 96.2 Å². The van der Waals surface area contributed by atoms with Crippen molar-refractivity contribution in [1.82, 2.24) is 9.97 Å². The molecule has 0 spiro atoms. The topological polar surface area (TPSA) is 84.0 Å². The van der Waals surface area contributed by atoms with Crippen LogP contribution >= 0.6 is 0 Å². The minimum absolute atomic E-state index is 0.0152. The summed E-state index contributed by atoms with van der Waals surface area (Å²) in [6, 6.07) is 12.1. The number of anilines is 2. The average Bonchev–Trinajstić information content (AvgIpc) is 2.81. The molecule has 35 heavy (non-hydrogen) atoms. The second-order valence-corrected chi connectivity index (χ2v) is 9.96. The molecular weight excluding hydrogens is 477 g/mol. The fourth-order valence-electron chi connectivity index (χ4n) is 3.85. The number of hydrogen-bond donors (Lipinski definition) is 2. The first-order valence-corrected chi connectivity index (χ1v) is 12.3. The molecule has 1 aromatic heterocycles. The molecule has 0 bridgehead atoms. The van der Waals surface area contributed by atoms with Crippen LogP contribution in [0.4, 0.5) is 24.9 Å². The molecule has 0 saturated heterocycles. The minimum atomic E-state index is -4.32. The van der Waals surface area contributed by atoms with Crippen LogP contribution in [-0.4, -0.2) is 30.1 Å². The summed E-state index contributed by atoms with van der Waals surface area (Å²) < 4.78 is 70.1. The highest BCUT2D eigenvalue weighted by molar-refractivity contribution is 7.92. The number of hydrogen-bond acceptors (Lipinski definition) is 5. The van der Waals surface area contributed by atoms with Gasteiger partial charge in [-0.2, -0.15) is 4.98 Å². The lowest BCUT2D eigenvalue weighted by Gasteiger charge is -2.36. The smallest absolute Gasteiger partial charge is 0.263 e. The molecule has 0 aliphatic heterocycles. The van der Waals surface area contributed by atoms with Gasteiger partial charge in [0.25, 0.3) is 10.0 Å². The summed E-state index contributed by atoms with van der Waals surface area (Å²) in [5, 5.41) is 2.89. The van der Waals surface area contributed by atoms with Gasteiger partial charge in [-0.1, -0.05) is 49.4 Å². The molecule has 3 aromatic rings. The van der Waals surface area contributed by atoms with Gasteiger partial charge in [0.2, 0.25) is 5.95 Å². The summed E-state index contributed by atoms with van der Waals surface area (Å²) in [4.78, 5) is 7.52. The Morgan fingerprint density at radius 2 is 1.74 bits per heavy atom. The predicted octanol–water partition coefficient (Wildman–Crippen LogP) is 5.35. The normalized spacial score (nSPS) is 20.7. The van der Waals surface area contributed by atoms with Crippen LogP contribution in [0.25, 0.3) is 5.57 Å². The SMILES string of the molecule is CC1C=C(c2ccccc2)C=CC1(F)C(C)Nc1nccc(NS(=O)(=O)c2cc(F)cc(F)c2)n1. The molecule has 0 amide bonds. The molecule has 10 heteroatoms. The number of nitrogens with one attached hydrogen (secondary N) is 2. The summed E-state index contributed by atoms with van der Waals surface area (Å²) in [5.74, 6) is -2.70. The van der Waals surface area contributed by atoms with Gasteiger partial charge < -0.3 is 5.32 Å². The van der Waals surface area contributed by atoms with E-state index in [0.717, 1.165) is 11.1 Å². The van der Waals surface area contributed by atoms with E-state index in [1.54, 1.807) is 19.9 Å². The Bertz CT molecular complexity index is 1380. The molecule has 3 atom stereocenters. The van der Waals surface area contributed by atoms with E-state index in [1.807, 2.05) is 36.4 Å². The second-order valence-electron chi connectivity index (χ2n) is 8.28. The van der Waals surface area contributed by atoms with Gasteiger partial charge in [-0.05, 0) is 42.3 Å². The second kappa shape index (κ2) is 9.53. The van der Waals surface area contributed by atoms with E-state index < -0.39 is 44.2 Å². The van der Waals surface area contributed by atoms with E-state index in [4.69, 9.17) is 0 Å². The zero-order valence-corrected chi connectivity index (χ0v) is 19.7. The first kappa shape index (κ1) is 24.5. The predicted molar refractivity (Wildman–Crippen MR) is 129 cm³/mol. The molecule has 0 fully saturated rings. The summed E-state index contributed by atoms with van der Waals surface area (Å²) in [7, 11) is -4.32. The lowest BCUT2D eigenvalue weighted by Crippen LogP contribution is -2.45. The largest absolute Gasteiger partial charge is 0.348 e. The highest BCUT2D eigenvalue weighted by atomic mass is 32.2. The van der Waals surface area contributed by atoms with Gasteiger partial charge in [0.15, 0.2) is 5.67 Å². The number of nitrogens with zero attached hydrogens (tertiary/aromatic N) is 2. The summed E-state index contributed by atoms with van der Waals surface area (Å²) in [6.45, 7) is 3.41. The highest BCUT2D eigenvalue weighted by Crippen LogP contribution is 2.37. The number of allylic oxidation sites excluding steroid dienone is 3. The molecule has 182 valence electrons. The lowest BCUT2D eigenvalue weighted by molar-refractivity contribution is 0.153. The summed E-state index contributed by atoms with van der Waals surface area (Å²) in [5.41, 5.74) is 0.135. The lowest BCUT2D eigenvalue weighted by atomic mass is 9.78. The van der Waals surface area contributed by atoms with E-state index in [2.05, 4.69) is 20.0 Å².